The molecule has 0 saturated carbocycles. The average molecular weight is 453 g/mol. The Balaban J connectivity index is 1.72. The minimum Gasteiger partial charge on any atom is -0.381 e. The number of carbonyl (C=O) groups excluding carboxylic acids is 1. The van der Waals surface area contributed by atoms with Crippen molar-refractivity contribution in [1.29, 1.82) is 0 Å². The maximum Gasteiger partial charge on any atom is 0.230 e. The number of morpholine rings is 1. The van der Waals surface area contributed by atoms with Crippen molar-refractivity contribution in [2.45, 2.75) is 44.6 Å². The number of nitrogens with zero attached hydrogens (tertiary/aromatic N) is 1. The predicted molar refractivity (Wildman–Crippen MR) is 115 cm³/mol. The molecule has 1 amide bonds. The van der Waals surface area contributed by atoms with Gasteiger partial charge in [-0.15, -0.1) is 0 Å². The number of amides is 1. The van der Waals surface area contributed by atoms with Gasteiger partial charge in [0.1, 0.15) is 0 Å². The van der Waals surface area contributed by atoms with Crippen molar-refractivity contribution >= 4 is 21.8 Å². The Bertz CT molecular complexity index is 623. The Labute approximate surface area is 177 Å². The topological polar surface area (TPSA) is 50.8 Å². The largest absolute Gasteiger partial charge is 0.381 e. The summed E-state index contributed by atoms with van der Waals surface area (Å²) in [6.45, 7) is 9.89. The number of ether oxygens (including phenoxy) is 2. The second-order valence-corrected chi connectivity index (χ2v) is 9.26. The van der Waals surface area contributed by atoms with Gasteiger partial charge in [0, 0.05) is 43.4 Å². The summed E-state index contributed by atoms with van der Waals surface area (Å²) in [5, 5.41) is 3.32. The van der Waals surface area contributed by atoms with E-state index in [9.17, 15) is 4.79 Å². The minimum absolute atomic E-state index is 0.139. The Hall–Kier alpha value is -0.950. The lowest BCUT2D eigenvalue weighted by Gasteiger charge is -2.39. The van der Waals surface area contributed by atoms with Crippen LogP contribution in [0.3, 0.4) is 0 Å². The molecule has 0 radical (unpaired) electrons. The average Bonchev–Trinajstić information content (AvgIpc) is 2.72. The fourth-order valence-electron chi connectivity index (χ4n) is 4.36. The zero-order chi connectivity index (χ0) is 20.0. The van der Waals surface area contributed by atoms with Crippen LogP contribution in [0.15, 0.2) is 28.7 Å². The number of rotatable bonds is 7. The highest BCUT2D eigenvalue weighted by Crippen LogP contribution is 2.36. The highest BCUT2D eigenvalue weighted by atomic mass is 79.9. The third kappa shape index (κ3) is 5.35. The van der Waals surface area contributed by atoms with Crippen LogP contribution >= 0.6 is 15.9 Å². The first-order valence-corrected chi connectivity index (χ1v) is 11.2. The van der Waals surface area contributed by atoms with E-state index in [0.717, 1.165) is 55.6 Å². The lowest BCUT2D eigenvalue weighted by atomic mass is 9.73. The summed E-state index contributed by atoms with van der Waals surface area (Å²) in [7, 11) is 0. The van der Waals surface area contributed by atoms with E-state index < -0.39 is 5.41 Å². The maximum absolute atomic E-state index is 13.5. The van der Waals surface area contributed by atoms with Crippen molar-refractivity contribution in [1.82, 2.24) is 10.2 Å². The van der Waals surface area contributed by atoms with Crippen LogP contribution in [0.1, 0.15) is 38.7 Å². The first kappa shape index (κ1) is 21.8. The zero-order valence-electron chi connectivity index (χ0n) is 17.1. The number of hydrogen-bond acceptors (Lipinski definition) is 4. The lowest BCUT2D eigenvalue weighted by Crippen LogP contribution is -2.53. The third-order valence-corrected chi connectivity index (χ3v) is 6.51. The summed E-state index contributed by atoms with van der Waals surface area (Å²) in [6, 6.07) is 8.55. The van der Waals surface area contributed by atoms with Gasteiger partial charge in [-0.2, -0.15) is 0 Å². The van der Waals surface area contributed by atoms with E-state index in [1.165, 1.54) is 0 Å². The standard InChI is InChI=1S/C22H33BrN2O3/c1-17(2)15-20(25-9-13-28-14-10-25)16-24-21(26)22(7-11-27-12-8-22)18-3-5-19(23)6-4-18/h3-6,17,20H,7-16H2,1-2H3,(H,24,26). The molecule has 2 fully saturated rings. The highest BCUT2D eigenvalue weighted by Gasteiger charge is 2.41. The van der Waals surface area contributed by atoms with E-state index in [1.54, 1.807) is 0 Å². The summed E-state index contributed by atoms with van der Waals surface area (Å²) in [4.78, 5) is 15.9. The summed E-state index contributed by atoms with van der Waals surface area (Å²) in [6.07, 6.45) is 2.54. The normalized spacial score (nSPS) is 21.4. The number of nitrogens with one attached hydrogen (secondary N) is 1. The van der Waals surface area contributed by atoms with Gasteiger partial charge in [-0.1, -0.05) is 41.9 Å². The quantitative estimate of drug-likeness (QED) is 0.688. The van der Waals surface area contributed by atoms with Crippen LogP contribution in [-0.4, -0.2) is 62.9 Å². The van der Waals surface area contributed by atoms with Gasteiger partial charge in [0.05, 0.1) is 18.6 Å². The van der Waals surface area contributed by atoms with Gasteiger partial charge in [0.15, 0.2) is 0 Å². The molecule has 2 saturated heterocycles. The second-order valence-electron chi connectivity index (χ2n) is 8.34. The molecule has 6 heteroatoms. The van der Waals surface area contributed by atoms with Crippen LogP contribution in [0.5, 0.6) is 0 Å². The monoisotopic (exact) mass is 452 g/mol. The van der Waals surface area contributed by atoms with Gasteiger partial charge in [0.2, 0.25) is 5.91 Å². The molecule has 0 aliphatic carbocycles. The first-order valence-electron chi connectivity index (χ1n) is 10.4. The predicted octanol–water partition coefficient (Wildman–Crippen LogP) is 3.36. The van der Waals surface area contributed by atoms with Gasteiger partial charge in [-0.05, 0) is 42.9 Å². The number of halogens is 1. The fraction of sp³-hybridized carbons (Fsp3) is 0.682. The van der Waals surface area contributed by atoms with Crippen molar-refractivity contribution in [2.75, 3.05) is 46.1 Å². The molecule has 0 bridgehead atoms. The molecule has 156 valence electrons. The smallest absolute Gasteiger partial charge is 0.230 e. The molecule has 0 spiro atoms. The Morgan fingerprint density at radius 1 is 1.11 bits per heavy atom. The highest BCUT2D eigenvalue weighted by molar-refractivity contribution is 9.10. The molecule has 2 heterocycles. The van der Waals surface area contributed by atoms with Gasteiger partial charge < -0.3 is 14.8 Å². The lowest BCUT2D eigenvalue weighted by molar-refractivity contribution is -0.130. The number of carbonyl (C=O) groups is 1. The maximum atomic E-state index is 13.5. The molecule has 1 aromatic carbocycles. The van der Waals surface area contributed by atoms with Crippen LogP contribution in [0, 0.1) is 5.92 Å². The van der Waals surface area contributed by atoms with Gasteiger partial charge in [-0.3, -0.25) is 9.69 Å². The molecule has 1 unspecified atom stereocenters. The zero-order valence-corrected chi connectivity index (χ0v) is 18.7. The van der Waals surface area contributed by atoms with E-state index >= 15 is 0 Å². The van der Waals surface area contributed by atoms with Crippen LogP contribution in [0.2, 0.25) is 0 Å². The third-order valence-electron chi connectivity index (χ3n) is 5.98. The molecule has 5 nitrogen and oxygen atoms in total. The molecule has 1 N–H and O–H groups in total. The Morgan fingerprint density at radius 2 is 1.71 bits per heavy atom. The fourth-order valence-corrected chi connectivity index (χ4v) is 4.63. The summed E-state index contributed by atoms with van der Waals surface area (Å²) >= 11 is 3.50. The van der Waals surface area contributed by atoms with Crippen molar-refractivity contribution in [2.24, 2.45) is 5.92 Å². The summed E-state index contributed by atoms with van der Waals surface area (Å²) in [5.74, 6) is 0.730. The van der Waals surface area contributed by atoms with Gasteiger partial charge in [0.25, 0.3) is 0 Å². The molecule has 1 aromatic rings. The van der Waals surface area contributed by atoms with Gasteiger partial charge >= 0.3 is 0 Å². The van der Waals surface area contributed by atoms with E-state index in [-0.39, 0.29) is 5.91 Å². The van der Waals surface area contributed by atoms with Crippen molar-refractivity contribution < 1.29 is 14.3 Å². The molecule has 1 atom stereocenters. The van der Waals surface area contributed by atoms with E-state index in [1.807, 2.05) is 12.1 Å². The van der Waals surface area contributed by atoms with E-state index in [2.05, 4.69) is 52.1 Å². The summed E-state index contributed by atoms with van der Waals surface area (Å²) < 4.78 is 12.1. The number of hydrogen-bond donors (Lipinski definition) is 1. The van der Waals surface area contributed by atoms with Crippen molar-refractivity contribution in [3.05, 3.63) is 34.3 Å². The number of benzene rings is 1. The molecule has 2 aliphatic heterocycles. The summed E-state index contributed by atoms with van der Waals surface area (Å²) in [5.41, 5.74) is 0.593. The van der Waals surface area contributed by atoms with Crippen LogP contribution in [0.25, 0.3) is 0 Å². The SMILES string of the molecule is CC(C)CC(CNC(=O)C1(c2ccc(Br)cc2)CCOCC1)N1CCOCC1. The second kappa shape index (κ2) is 10.2. The van der Waals surface area contributed by atoms with E-state index in [4.69, 9.17) is 9.47 Å². The van der Waals surface area contributed by atoms with E-state index in [0.29, 0.717) is 31.7 Å². The molecule has 0 aromatic heterocycles. The first-order chi connectivity index (χ1) is 13.5. The van der Waals surface area contributed by atoms with Crippen molar-refractivity contribution in [3.63, 3.8) is 0 Å². The molecular formula is C22H33BrN2O3. The van der Waals surface area contributed by atoms with Crippen LogP contribution < -0.4 is 5.32 Å². The van der Waals surface area contributed by atoms with Crippen LogP contribution in [0.4, 0.5) is 0 Å². The molecule has 28 heavy (non-hydrogen) atoms. The van der Waals surface area contributed by atoms with Crippen LogP contribution in [-0.2, 0) is 19.7 Å². The minimum atomic E-state index is -0.494. The van der Waals surface area contributed by atoms with Gasteiger partial charge in [-0.25, -0.2) is 0 Å². The molecule has 2 aliphatic rings. The van der Waals surface area contributed by atoms with Crippen molar-refractivity contribution in [3.8, 4) is 0 Å². The molecular weight excluding hydrogens is 420 g/mol. The Morgan fingerprint density at radius 3 is 2.32 bits per heavy atom. The Kier molecular flexibility index (Phi) is 7.92. The molecule has 3 rings (SSSR count).